The van der Waals surface area contributed by atoms with E-state index in [9.17, 15) is 5.11 Å². The van der Waals surface area contributed by atoms with Gasteiger partial charge in [0.05, 0.1) is 18.5 Å². The molecule has 2 aromatic rings. The van der Waals surface area contributed by atoms with Crippen molar-refractivity contribution in [3.8, 4) is 0 Å². The van der Waals surface area contributed by atoms with Gasteiger partial charge in [0.15, 0.2) is 11.5 Å². The largest absolute Gasteiger partial charge is 0.391 e. The number of aliphatic hydroxyl groups is 1. The van der Waals surface area contributed by atoms with Crippen LogP contribution in [0.3, 0.4) is 0 Å². The zero-order chi connectivity index (χ0) is 12.7. The molecule has 1 aliphatic heterocycles. The number of anilines is 1. The standard InChI is InChI=1S/C11H15N5O2/c1-6(17)7-2-3-8(18-7)16-5-15-9-10(12)13-4-14-11(9)16/h4-8,17H,2-3H2,1H3,(H2,12,13,14)/t6?,7-,8?/m0/s1. The Hall–Kier alpha value is -1.73. The molecule has 2 aromatic heterocycles. The average molecular weight is 249 g/mol. The predicted octanol–water partition coefficient (Wildman–Crippen LogP) is 0.467. The van der Waals surface area contributed by atoms with Gasteiger partial charge < -0.3 is 15.6 Å². The van der Waals surface area contributed by atoms with Gasteiger partial charge in [-0.05, 0) is 19.8 Å². The Bertz CT molecular complexity index is 568. The fraction of sp³-hybridized carbons (Fsp3) is 0.545. The fourth-order valence-electron chi connectivity index (χ4n) is 2.29. The zero-order valence-electron chi connectivity index (χ0n) is 10.0. The van der Waals surface area contributed by atoms with E-state index >= 15 is 0 Å². The molecule has 96 valence electrons. The number of nitrogens with zero attached hydrogens (tertiary/aromatic N) is 4. The number of hydrogen-bond acceptors (Lipinski definition) is 6. The normalized spacial score (nSPS) is 25.7. The summed E-state index contributed by atoms with van der Waals surface area (Å²) in [6.07, 6.45) is 3.97. The highest BCUT2D eigenvalue weighted by atomic mass is 16.5. The summed E-state index contributed by atoms with van der Waals surface area (Å²) in [6.45, 7) is 1.74. The summed E-state index contributed by atoms with van der Waals surface area (Å²) in [7, 11) is 0. The highest BCUT2D eigenvalue weighted by molar-refractivity contribution is 5.81. The van der Waals surface area contributed by atoms with Crippen LogP contribution in [0.4, 0.5) is 5.82 Å². The molecule has 1 aliphatic rings. The van der Waals surface area contributed by atoms with E-state index < -0.39 is 6.10 Å². The van der Waals surface area contributed by atoms with Crippen molar-refractivity contribution in [1.82, 2.24) is 19.5 Å². The van der Waals surface area contributed by atoms with E-state index in [4.69, 9.17) is 10.5 Å². The topological polar surface area (TPSA) is 99.1 Å². The summed E-state index contributed by atoms with van der Waals surface area (Å²) in [4.78, 5) is 12.3. The first kappa shape index (κ1) is 11.4. The molecule has 3 heterocycles. The third-order valence-electron chi connectivity index (χ3n) is 3.27. The van der Waals surface area contributed by atoms with E-state index in [1.54, 1.807) is 13.3 Å². The average Bonchev–Trinajstić information content (AvgIpc) is 2.94. The van der Waals surface area contributed by atoms with Crippen molar-refractivity contribution in [2.75, 3.05) is 5.73 Å². The Labute approximate surface area is 104 Å². The Kier molecular flexibility index (Phi) is 2.64. The maximum Gasteiger partial charge on any atom is 0.167 e. The predicted molar refractivity (Wildman–Crippen MR) is 64.6 cm³/mol. The van der Waals surface area contributed by atoms with Gasteiger partial charge >= 0.3 is 0 Å². The van der Waals surface area contributed by atoms with Crippen molar-refractivity contribution in [3.05, 3.63) is 12.7 Å². The minimum Gasteiger partial charge on any atom is -0.391 e. The van der Waals surface area contributed by atoms with Crippen LogP contribution in [0.25, 0.3) is 11.2 Å². The van der Waals surface area contributed by atoms with Gasteiger partial charge in [0.2, 0.25) is 0 Å². The summed E-state index contributed by atoms with van der Waals surface area (Å²) in [6, 6.07) is 0. The molecule has 0 bridgehead atoms. The third-order valence-corrected chi connectivity index (χ3v) is 3.27. The quantitative estimate of drug-likeness (QED) is 0.802. The second kappa shape index (κ2) is 4.18. The Morgan fingerprint density at radius 2 is 2.28 bits per heavy atom. The lowest BCUT2D eigenvalue weighted by molar-refractivity contribution is -0.0515. The van der Waals surface area contributed by atoms with Crippen LogP contribution in [0, 0.1) is 0 Å². The van der Waals surface area contributed by atoms with Gasteiger partial charge in [0, 0.05) is 0 Å². The molecule has 1 saturated heterocycles. The number of nitrogen functional groups attached to an aromatic ring is 1. The second-order valence-corrected chi connectivity index (χ2v) is 4.53. The number of ether oxygens (including phenoxy) is 1. The Balaban J connectivity index is 1.94. The van der Waals surface area contributed by atoms with Crippen LogP contribution in [0.2, 0.25) is 0 Å². The van der Waals surface area contributed by atoms with E-state index in [-0.39, 0.29) is 12.3 Å². The highest BCUT2D eigenvalue weighted by Gasteiger charge is 2.30. The van der Waals surface area contributed by atoms with Crippen molar-refractivity contribution in [1.29, 1.82) is 0 Å². The van der Waals surface area contributed by atoms with Crippen molar-refractivity contribution < 1.29 is 9.84 Å². The summed E-state index contributed by atoms with van der Waals surface area (Å²) in [5, 5.41) is 9.53. The number of aromatic nitrogens is 4. The van der Waals surface area contributed by atoms with Gasteiger partial charge in [-0.25, -0.2) is 15.0 Å². The Morgan fingerprint density at radius 3 is 3.00 bits per heavy atom. The lowest BCUT2D eigenvalue weighted by atomic mass is 10.1. The second-order valence-electron chi connectivity index (χ2n) is 4.53. The molecule has 7 heteroatoms. The molecule has 0 aromatic carbocycles. The monoisotopic (exact) mass is 249 g/mol. The minimum absolute atomic E-state index is 0.133. The van der Waals surface area contributed by atoms with Crippen LogP contribution in [-0.2, 0) is 4.74 Å². The van der Waals surface area contributed by atoms with Gasteiger partial charge in [-0.15, -0.1) is 0 Å². The van der Waals surface area contributed by atoms with Crippen molar-refractivity contribution in [2.24, 2.45) is 0 Å². The lowest BCUT2D eigenvalue weighted by Gasteiger charge is -2.16. The van der Waals surface area contributed by atoms with Crippen molar-refractivity contribution in [2.45, 2.75) is 38.2 Å². The molecule has 7 nitrogen and oxygen atoms in total. The molecular weight excluding hydrogens is 234 g/mol. The Morgan fingerprint density at radius 1 is 1.44 bits per heavy atom. The number of imidazole rings is 1. The van der Waals surface area contributed by atoms with E-state index in [0.29, 0.717) is 17.0 Å². The molecule has 18 heavy (non-hydrogen) atoms. The number of hydrogen-bond donors (Lipinski definition) is 2. The van der Waals surface area contributed by atoms with E-state index in [2.05, 4.69) is 15.0 Å². The summed E-state index contributed by atoms with van der Waals surface area (Å²) in [5.74, 6) is 0.365. The molecule has 3 rings (SSSR count). The molecule has 1 fully saturated rings. The molecule has 0 radical (unpaired) electrons. The van der Waals surface area contributed by atoms with Gasteiger partial charge in [-0.2, -0.15) is 0 Å². The smallest absolute Gasteiger partial charge is 0.167 e. The number of aliphatic hydroxyl groups excluding tert-OH is 1. The van der Waals surface area contributed by atoms with Crippen LogP contribution < -0.4 is 5.73 Å². The van der Waals surface area contributed by atoms with E-state index in [0.717, 1.165) is 12.8 Å². The minimum atomic E-state index is -0.468. The molecule has 0 amide bonds. The molecule has 0 saturated carbocycles. The van der Waals surface area contributed by atoms with Crippen LogP contribution in [-0.4, -0.2) is 36.8 Å². The molecule has 0 spiro atoms. The first-order chi connectivity index (χ1) is 8.66. The number of fused-ring (bicyclic) bond motifs is 1. The maximum absolute atomic E-state index is 9.53. The third kappa shape index (κ3) is 1.72. The summed E-state index contributed by atoms with van der Waals surface area (Å²) >= 11 is 0. The van der Waals surface area contributed by atoms with Crippen molar-refractivity contribution in [3.63, 3.8) is 0 Å². The van der Waals surface area contributed by atoms with Gasteiger partial charge in [-0.1, -0.05) is 0 Å². The van der Waals surface area contributed by atoms with E-state index in [1.165, 1.54) is 6.33 Å². The number of nitrogens with two attached hydrogens (primary N) is 1. The first-order valence-corrected chi connectivity index (χ1v) is 5.93. The fourth-order valence-corrected chi connectivity index (χ4v) is 2.29. The first-order valence-electron chi connectivity index (χ1n) is 5.93. The van der Waals surface area contributed by atoms with Crippen LogP contribution in [0.1, 0.15) is 26.0 Å². The van der Waals surface area contributed by atoms with Crippen LogP contribution in [0.5, 0.6) is 0 Å². The molecule has 0 aliphatic carbocycles. The zero-order valence-corrected chi connectivity index (χ0v) is 10.0. The summed E-state index contributed by atoms with van der Waals surface area (Å²) in [5.41, 5.74) is 6.99. The maximum atomic E-state index is 9.53. The van der Waals surface area contributed by atoms with Crippen LogP contribution >= 0.6 is 0 Å². The van der Waals surface area contributed by atoms with Gasteiger partial charge in [0.1, 0.15) is 18.1 Å². The SMILES string of the molecule is CC(O)[C@@H]1CCC(n2cnc3c(N)ncnc32)O1. The molecular formula is C11H15N5O2. The van der Waals surface area contributed by atoms with E-state index in [1.807, 2.05) is 4.57 Å². The van der Waals surface area contributed by atoms with Gasteiger partial charge in [-0.3, -0.25) is 4.57 Å². The van der Waals surface area contributed by atoms with Crippen LogP contribution in [0.15, 0.2) is 12.7 Å². The molecule has 3 N–H and O–H groups in total. The highest BCUT2D eigenvalue weighted by Crippen LogP contribution is 2.32. The number of rotatable bonds is 2. The molecule has 2 unspecified atom stereocenters. The lowest BCUT2D eigenvalue weighted by Crippen LogP contribution is -2.22. The van der Waals surface area contributed by atoms with Gasteiger partial charge in [0.25, 0.3) is 0 Å². The molecule has 3 atom stereocenters. The summed E-state index contributed by atoms with van der Waals surface area (Å²) < 4.78 is 7.63. The van der Waals surface area contributed by atoms with Crippen molar-refractivity contribution >= 4 is 17.0 Å².